The van der Waals surface area contributed by atoms with E-state index in [1.54, 1.807) is 12.1 Å². The lowest BCUT2D eigenvalue weighted by atomic mass is 9.79. The molecule has 0 bridgehead atoms. The lowest BCUT2D eigenvalue weighted by molar-refractivity contribution is -0.233. The van der Waals surface area contributed by atoms with Crippen LogP contribution < -0.4 is 10.2 Å². The van der Waals surface area contributed by atoms with E-state index in [4.69, 9.17) is 18.6 Å². The molecule has 2 heterocycles. The number of nitrogens with one attached hydrogen (secondary N) is 1. The number of carbonyl (C=O) groups is 2. The number of hydrogen-bond donors (Lipinski definition) is 1. The van der Waals surface area contributed by atoms with E-state index in [0.29, 0.717) is 37.3 Å². The minimum absolute atomic E-state index is 0.0226. The second-order valence-electron chi connectivity index (χ2n) is 11.6. The van der Waals surface area contributed by atoms with E-state index in [2.05, 4.69) is 39.2 Å². The Bertz CT molecular complexity index is 991. The van der Waals surface area contributed by atoms with Crippen LogP contribution in [0.5, 0.6) is 0 Å². The molecule has 3 aliphatic rings. The first-order valence-electron chi connectivity index (χ1n) is 12.8. The van der Waals surface area contributed by atoms with Crippen molar-refractivity contribution in [2.75, 3.05) is 31.2 Å². The van der Waals surface area contributed by atoms with Gasteiger partial charge in [-0.2, -0.15) is 0 Å². The second kappa shape index (κ2) is 10.0. The second-order valence-corrected chi connectivity index (χ2v) is 16.4. The third-order valence-electron chi connectivity index (χ3n) is 8.04. The number of carbonyl (C=O) groups excluding carboxylic acids is 2. The van der Waals surface area contributed by atoms with Crippen LogP contribution in [0.1, 0.15) is 58.4 Å². The first kappa shape index (κ1) is 27.0. The van der Waals surface area contributed by atoms with Gasteiger partial charge < -0.3 is 24.0 Å². The molecule has 1 aliphatic carbocycles. The van der Waals surface area contributed by atoms with Gasteiger partial charge in [-0.1, -0.05) is 26.8 Å². The highest BCUT2D eigenvalue weighted by Gasteiger charge is 2.53. The summed E-state index contributed by atoms with van der Waals surface area (Å²) in [6.45, 7) is 14.0. The van der Waals surface area contributed by atoms with Crippen molar-refractivity contribution < 1.29 is 32.6 Å². The van der Waals surface area contributed by atoms with Crippen LogP contribution in [0, 0.1) is 5.82 Å². The maximum Gasteiger partial charge on any atom is 0.414 e. The van der Waals surface area contributed by atoms with Crippen LogP contribution in [-0.4, -0.2) is 64.6 Å². The lowest BCUT2D eigenvalue weighted by Gasteiger charge is -2.48. The average molecular weight is 523 g/mol. The van der Waals surface area contributed by atoms with E-state index in [9.17, 15) is 9.59 Å². The van der Waals surface area contributed by atoms with Gasteiger partial charge in [0.15, 0.2) is 14.1 Å². The molecule has 0 unspecified atom stereocenters. The predicted octanol–water partition coefficient (Wildman–Crippen LogP) is 4.69. The molecule has 4 rings (SSSR count). The summed E-state index contributed by atoms with van der Waals surface area (Å²) in [5.41, 5.74) is 1.05. The minimum Gasteiger partial charge on any atom is -0.442 e. The maximum absolute atomic E-state index is 15.5. The molecule has 10 heteroatoms. The Hall–Kier alpha value is -2.01. The summed E-state index contributed by atoms with van der Waals surface area (Å²) >= 11 is 0. The molecule has 1 N–H and O–H groups in total. The summed E-state index contributed by atoms with van der Waals surface area (Å²) in [6, 6.07) is 4.92. The van der Waals surface area contributed by atoms with Crippen molar-refractivity contribution in [3.8, 4) is 0 Å². The Morgan fingerprint density at radius 3 is 2.58 bits per heavy atom. The molecule has 36 heavy (non-hydrogen) atoms. The standard InChI is InChI=1S/C26H39FN2O6Si/c1-17(30)28-15-20-16-29(24(31)34-20)19-7-8-21(22(27)14-19)18-9-10-26(32-11-12-33-26)23(13-18)35-36(5,6)25(2,3)4/h7-8,14,18,20,23H,9-13,15-16H2,1-6H3,(H,28,30)/t18-,20+,23+/m1/s1. The Labute approximate surface area is 213 Å². The first-order valence-corrected chi connectivity index (χ1v) is 15.7. The van der Waals surface area contributed by atoms with Crippen molar-refractivity contribution in [2.45, 2.75) is 89.0 Å². The van der Waals surface area contributed by atoms with Crippen LogP contribution in [0.25, 0.3) is 0 Å². The topological polar surface area (TPSA) is 86.3 Å². The van der Waals surface area contributed by atoms with Gasteiger partial charge in [-0.25, -0.2) is 9.18 Å². The monoisotopic (exact) mass is 522 g/mol. The fraction of sp³-hybridized carbons (Fsp3) is 0.692. The van der Waals surface area contributed by atoms with Crippen molar-refractivity contribution in [2.24, 2.45) is 0 Å². The van der Waals surface area contributed by atoms with Crippen molar-refractivity contribution in [3.05, 3.63) is 29.6 Å². The van der Waals surface area contributed by atoms with Gasteiger partial charge in [0.05, 0.1) is 38.1 Å². The molecule has 8 nitrogen and oxygen atoms in total. The molecule has 1 spiro atoms. The van der Waals surface area contributed by atoms with E-state index < -0.39 is 26.3 Å². The largest absolute Gasteiger partial charge is 0.442 e. The highest BCUT2D eigenvalue weighted by Crippen LogP contribution is 2.48. The van der Waals surface area contributed by atoms with Crippen LogP contribution in [-0.2, 0) is 23.4 Å². The third-order valence-corrected chi connectivity index (χ3v) is 12.5. The quantitative estimate of drug-likeness (QED) is 0.546. The van der Waals surface area contributed by atoms with E-state index in [-0.39, 0.29) is 41.9 Å². The van der Waals surface area contributed by atoms with Crippen molar-refractivity contribution in [3.63, 3.8) is 0 Å². The SMILES string of the molecule is CC(=O)NC[C@H]1CN(c2ccc([C@@H]3CCC4(OCCO4)[C@@H](O[Si](C)(C)C(C)(C)C)C3)c(F)c2)C(=O)O1. The number of benzene rings is 1. The van der Waals surface area contributed by atoms with Crippen molar-refractivity contribution >= 4 is 26.0 Å². The van der Waals surface area contributed by atoms with Gasteiger partial charge in [0.1, 0.15) is 11.9 Å². The number of cyclic esters (lactones) is 1. The summed E-state index contributed by atoms with van der Waals surface area (Å²) in [5.74, 6) is -1.36. The van der Waals surface area contributed by atoms with Crippen LogP contribution >= 0.6 is 0 Å². The van der Waals surface area contributed by atoms with Gasteiger partial charge in [0.2, 0.25) is 5.91 Å². The Morgan fingerprint density at radius 2 is 1.97 bits per heavy atom. The molecule has 2 amide bonds. The number of ether oxygens (including phenoxy) is 3. The molecule has 0 aromatic heterocycles. The minimum atomic E-state index is -2.12. The van der Waals surface area contributed by atoms with Gasteiger partial charge in [-0.3, -0.25) is 9.69 Å². The third kappa shape index (κ3) is 5.46. The zero-order valence-corrected chi connectivity index (χ0v) is 23.2. The zero-order chi connectivity index (χ0) is 26.3. The Balaban J connectivity index is 1.50. The van der Waals surface area contributed by atoms with E-state index in [0.717, 1.165) is 6.42 Å². The molecular formula is C26H39FN2O6Si. The molecule has 200 valence electrons. The Morgan fingerprint density at radius 1 is 1.28 bits per heavy atom. The molecule has 3 atom stereocenters. The van der Waals surface area contributed by atoms with Crippen LogP contribution in [0.3, 0.4) is 0 Å². The summed E-state index contributed by atoms with van der Waals surface area (Å²) in [7, 11) is -2.12. The maximum atomic E-state index is 15.5. The Kier molecular flexibility index (Phi) is 7.54. The van der Waals surface area contributed by atoms with E-state index in [1.807, 2.05) is 0 Å². The highest BCUT2D eigenvalue weighted by molar-refractivity contribution is 6.74. The van der Waals surface area contributed by atoms with Gasteiger partial charge in [0, 0.05) is 13.3 Å². The molecule has 1 aromatic carbocycles. The van der Waals surface area contributed by atoms with Gasteiger partial charge in [0.25, 0.3) is 0 Å². The summed E-state index contributed by atoms with van der Waals surface area (Å²) in [4.78, 5) is 24.9. The fourth-order valence-corrected chi connectivity index (χ4v) is 6.30. The average Bonchev–Trinajstić information content (AvgIpc) is 3.40. The van der Waals surface area contributed by atoms with Crippen molar-refractivity contribution in [1.29, 1.82) is 0 Å². The normalized spacial score (nSPS) is 26.4. The molecule has 0 radical (unpaired) electrons. The number of rotatable bonds is 6. The molecule has 2 aliphatic heterocycles. The van der Waals surface area contributed by atoms with Crippen LogP contribution in [0.15, 0.2) is 18.2 Å². The van der Waals surface area contributed by atoms with Gasteiger partial charge >= 0.3 is 6.09 Å². The van der Waals surface area contributed by atoms with Crippen LogP contribution in [0.4, 0.5) is 14.9 Å². The number of hydrogen-bond acceptors (Lipinski definition) is 6. The lowest BCUT2D eigenvalue weighted by Crippen LogP contribution is -2.55. The summed E-state index contributed by atoms with van der Waals surface area (Å²) in [6.07, 6.45) is 0.669. The number of nitrogens with zero attached hydrogens (tertiary/aromatic N) is 1. The van der Waals surface area contributed by atoms with E-state index >= 15 is 4.39 Å². The zero-order valence-electron chi connectivity index (χ0n) is 22.2. The summed E-state index contributed by atoms with van der Waals surface area (Å²) < 4.78 is 39.8. The summed E-state index contributed by atoms with van der Waals surface area (Å²) in [5, 5.41) is 2.67. The first-order chi connectivity index (χ1) is 16.8. The molecule has 1 aromatic rings. The number of anilines is 1. The molecular weight excluding hydrogens is 483 g/mol. The van der Waals surface area contributed by atoms with Crippen molar-refractivity contribution in [1.82, 2.24) is 5.32 Å². The smallest absolute Gasteiger partial charge is 0.414 e. The number of amides is 2. The molecule has 2 saturated heterocycles. The predicted molar refractivity (Wildman–Crippen MR) is 136 cm³/mol. The highest BCUT2D eigenvalue weighted by atomic mass is 28.4. The number of halogens is 1. The fourth-order valence-electron chi connectivity index (χ4n) is 4.96. The van der Waals surface area contributed by atoms with Gasteiger partial charge in [-0.05, 0) is 54.6 Å². The molecule has 3 fully saturated rings. The van der Waals surface area contributed by atoms with Gasteiger partial charge in [-0.15, -0.1) is 0 Å². The van der Waals surface area contributed by atoms with E-state index in [1.165, 1.54) is 17.9 Å². The van der Waals surface area contributed by atoms with Crippen LogP contribution in [0.2, 0.25) is 18.1 Å². The molecule has 1 saturated carbocycles.